The summed E-state index contributed by atoms with van der Waals surface area (Å²) in [6.07, 6.45) is 0. The zero-order valence-electron chi connectivity index (χ0n) is 9.77. The van der Waals surface area contributed by atoms with Gasteiger partial charge in [0.05, 0.1) is 11.6 Å². The molecule has 2 N–H and O–H groups in total. The number of rotatable bonds is 1. The van der Waals surface area contributed by atoms with Gasteiger partial charge in [0, 0.05) is 5.56 Å². The van der Waals surface area contributed by atoms with E-state index in [1.165, 1.54) is 0 Å². The second-order valence-electron chi connectivity index (χ2n) is 3.53. The third kappa shape index (κ3) is 2.82. The molecule has 0 aliphatic heterocycles. The highest BCUT2D eigenvalue weighted by Crippen LogP contribution is 2.28. The van der Waals surface area contributed by atoms with E-state index >= 15 is 0 Å². The van der Waals surface area contributed by atoms with Crippen molar-refractivity contribution in [1.82, 2.24) is 4.98 Å². The van der Waals surface area contributed by atoms with E-state index < -0.39 is 0 Å². The Hall–Kier alpha value is -1.99. The van der Waals surface area contributed by atoms with Crippen LogP contribution < -0.4 is 10.5 Å². The van der Waals surface area contributed by atoms with E-state index in [1.807, 2.05) is 30.3 Å². The number of benzene rings is 1. The van der Waals surface area contributed by atoms with E-state index in [0.29, 0.717) is 17.3 Å². The van der Waals surface area contributed by atoms with Crippen molar-refractivity contribution in [3.8, 4) is 17.6 Å². The fraction of sp³-hybridized carbons (Fsp3) is 0.0714. The van der Waals surface area contributed by atoms with Gasteiger partial charge in [0.25, 0.3) is 0 Å². The smallest absolute Gasteiger partial charge is 0.167 e. The largest absolute Gasteiger partial charge is 0.493 e. The molecular weight excluding hydrogens is 292 g/mol. The number of nitrogen functional groups attached to an aromatic ring is 1. The van der Waals surface area contributed by atoms with E-state index in [2.05, 4.69) is 32.8 Å². The summed E-state index contributed by atoms with van der Waals surface area (Å²) in [5.41, 5.74) is 7.13. The van der Waals surface area contributed by atoms with Crippen molar-refractivity contribution in [3.63, 3.8) is 0 Å². The first-order chi connectivity index (χ1) is 8.70. The molecule has 0 bridgehead atoms. The number of hydrogen-bond donors (Lipinski definition) is 1. The molecule has 3 nitrogen and oxygen atoms in total. The number of pyridine rings is 1. The van der Waals surface area contributed by atoms with Crippen molar-refractivity contribution in [3.05, 3.63) is 52.1 Å². The minimum absolute atomic E-state index is 0.403. The van der Waals surface area contributed by atoms with Crippen LogP contribution in [0.1, 0.15) is 11.3 Å². The molecule has 0 fully saturated rings. The molecule has 1 aromatic carbocycles. The first-order valence-electron chi connectivity index (χ1n) is 5.28. The Morgan fingerprint density at radius 1 is 1.22 bits per heavy atom. The predicted octanol–water partition coefficient (Wildman–Crippen LogP) is 2.83. The maximum absolute atomic E-state index is 5.69. The Bertz CT molecular complexity index is 615. The Kier molecular flexibility index (Phi) is 3.85. The highest BCUT2D eigenvalue weighted by Gasteiger charge is 2.08. The van der Waals surface area contributed by atoms with Crippen LogP contribution in [0, 0.1) is 11.8 Å². The second kappa shape index (κ2) is 5.56. The van der Waals surface area contributed by atoms with Gasteiger partial charge in [0.15, 0.2) is 11.4 Å². The average molecular weight is 303 g/mol. The van der Waals surface area contributed by atoms with Crippen molar-refractivity contribution in [2.45, 2.75) is 0 Å². The zero-order chi connectivity index (χ0) is 13.0. The van der Waals surface area contributed by atoms with Gasteiger partial charge in [-0.3, -0.25) is 0 Å². The number of aromatic nitrogens is 1. The van der Waals surface area contributed by atoms with E-state index in [9.17, 15) is 0 Å². The summed E-state index contributed by atoms with van der Waals surface area (Å²) in [5, 5.41) is 0. The van der Waals surface area contributed by atoms with Crippen LogP contribution in [0.5, 0.6) is 5.75 Å². The van der Waals surface area contributed by atoms with Crippen molar-refractivity contribution in [2.75, 3.05) is 12.8 Å². The predicted molar refractivity (Wildman–Crippen MR) is 75.3 cm³/mol. The van der Waals surface area contributed by atoms with Gasteiger partial charge in [-0.25, -0.2) is 4.98 Å². The lowest BCUT2D eigenvalue weighted by Crippen LogP contribution is -1.97. The number of anilines is 1. The fourth-order valence-electron chi connectivity index (χ4n) is 1.45. The molecule has 0 aliphatic carbocycles. The second-order valence-corrected chi connectivity index (χ2v) is 4.38. The number of halogens is 1. The molecule has 2 aromatic rings. The van der Waals surface area contributed by atoms with Crippen LogP contribution in [0.25, 0.3) is 0 Å². The molecule has 2 rings (SSSR count). The summed E-state index contributed by atoms with van der Waals surface area (Å²) in [7, 11) is 1.58. The van der Waals surface area contributed by atoms with Gasteiger partial charge in [-0.05, 0) is 40.0 Å². The average Bonchev–Trinajstić information content (AvgIpc) is 2.37. The molecule has 0 spiro atoms. The summed E-state index contributed by atoms with van der Waals surface area (Å²) < 4.78 is 6.00. The molecule has 0 aliphatic rings. The number of nitrogens with zero attached hydrogens (tertiary/aromatic N) is 1. The van der Waals surface area contributed by atoms with Crippen molar-refractivity contribution in [2.24, 2.45) is 0 Å². The normalized spacial score (nSPS) is 9.44. The van der Waals surface area contributed by atoms with Gasteiger partial charge in [0.2, 0.25) is 0 Å². The third-order valence-electron chi connectivity index (χ3n) is 2.25. The highest BCUT2D eigenvalue weighted by molar-refractivity contribution is 9.10. The van der Waals surface area contributed by atoms with E-state index in [-0.39, 0.29) is 0 Å². The molecule has 18 heavy (non-hydrogen) atoms. The van der Waals surface area contributed by atoms with Gasteiger partial charge in [-0.2, -0.15) is 0 Å². The summed E-state index contributed by atoms with van der Waals surface area (Å²) in [4.78, 5) is 4.17. The zero-order valence-corrected chi connectivity index (χ0v) is 11.4. The maximum atomic E-state index is 5.69. The molecule has 0 unspecified atom stereocenters. The Labute approximate surface area is 114 Å². The third-order valence-corrected chi connectivity index (χ3v) is 2.84. The molecule has 1 aromatic heterocycles. The van der Waals surface area contributed by atoms with Crippen LogP contribution in [-0.2, 0) is 0 Å². The minimum Gasteiger partial charge on any atom is -0.493 e. The van der Waals surface area contributed by atoms with Crippen molar-refractivity contribution in [1.29, 1.82) is 0 Å². The van der Waals surface area contributed by atoms with Crippen LogP contribution in [0.4, 0.5) is 5.82 Å². The number of hydrogen-bond acceptors (Lipinski definition) is 3. The molecule has 90 valence electrons. The summed E-state index contributed by atoms with van der Waals surface area (Å²) >= 11 is 3.37. The molecule has 1 heterocycles. The highest BCUT2D eigenvalue weighted by atomic mass is 79.9. The van der Waals surface area contributed by atoms with Gasteiger partial charge in [0.1, 0.15) is 5.82 Å². The molecule has 0 amide bonds. The van der Waals surface area contributed by atoms with Crippen LogP contribution in [0.3, 0.4) is 0 Å². The minimum atomic E-state index is 0.403. The van der Waals surface area contributed by atoms with Gasteiger partial charge in [-0.15, -0.1) is 0 Å². The summed E-state index contributed by atoms with van der Waals surface area (Å²) in [6.45, 7) is 0. The molecule has 0 atom stereocenters. The molecule has 0 saturated heterocycles. The molecule has 4 heteroatoms. The van der Waals surface area contributed by atoms with Gasteiger partial charge >= 0.3 is 0 Å². The van der Waals surface area contributed by atoms with Crippen molar-refractivity contribution >= 4 is 21.7 Å². The molecular formula is C14H11BrN2O. The fourth-order valence-corrected chi connectivity index (χ4v) is 2.04. The van der Waals surface area contributed by atoms with E-state index in [4.69, 9.17) is 10.5 Å². The first kappa shape index (κ1) is 12.5. The van der Waals surface area contributed by atoms with Gasteiger partial charge in [-0.1, -0.05) is 24.1 Å². The number of nitrogens with two attached hydrogens (primary N) is 1. The van der Waals surface area contributed by atoms with Crippen LogP contribution in [0.2, 0.25) is 0 Å². The van der Waals surface area contributed by atoms with Crippen molar-refractivity contribution < 1.29 is 4.74 Å². The number of ether oxygens (including phenoxy) is 1. The van der Waals surface area contributed by atoms with E-state index in [0.717, 1.165) is 10.0 Å². The summed E-state index contributed by atoms with van der Waals surface area (Å²) in [6, 6.07) is 11.4. The van der Waals surface area contributed by atoms with E-state index in [1.54, 1.807) is 13.2 Å². The topological polar surface area (TPSA) is 48.1 Å². The Morgan fingerprint density at radius 3 is 2.61 bits per heavy atom. The Balaban J connectivity index is 2.44. The first-order valence-corrected chi connectivity index (χ1v) is 6.07. The van der Waals surface area contributed by atoms with Crippen LogP contribution in [0.15, 0.2) is 40.9 Å². The van der Waals surface area contributed by atoms with Crippen LogP contribution >= 0.6 is 15.9 Å². The van der Waals surface area contributed by atoms with Gasteiger partial charge < -0.3 is 10.5 Å². The monoisotopic (exact) mass is 302 g/mol. The SMILES string of the molecule is COc1c(Br)cc(N)nc1C#Cc1ccccc1. The molecule has 0 saturated carbocycles. The Morgan fingerprint density at radius 2 is 1.94 bits per heavy atom. The molecule has 0 radical (unpaired) electrons. The van der Waals surface area contributed by atoms with Crippen LogP contribution in [-0.4, -0.2) is 12.1 Å². The lowest BCUT2D eigenvalue weighted by atomic mass is 10.2. The maximum Gasteiger partial charge on any atom is 0.167 e. The summed E-state index contributed by atoms with van der Waals surface area (Å²) in [5.74, 6) is 6.98. The number of methoxy groups -OCH3 is 1. The lowest BCUT2D eigenvalue weighted by Gasteiger charge is -2.05. The standard InChI is InChI=1S/C14H11BrN2O/c1-18-14-11(15)9-13(16)17-12(14)8-7-10-5-3-2-4-6-10/h2-6,9H,1H3,(H2,16,17). The quantitative estimate of drug-likeness (QED) is 0.824. The lowest BCUT2D eigenvalue weighted by molar-refractivity contribution is 0.409.